The smallest absolute Gasteiger partial charge is 0.194 e. The Labute approximate surface area is 739 Å². The van der Waals surface area contributed by atoms with Crippen LogP contribution in [0.15, 0.2) is 271 Å². The van der Waals surface area contributed by atoms with Crippen LogP contribution < -0.4 is 28.7 Å². The van der Waals surface area contributed by atoms with E-state index < -0.39 is 0 Å². The number of furan rings is 5. The standard InChI is InChI=1S/C21H13N5O.C20H13ClN4O.2C20H14N4O2.C19H15N3O2/c1-12-6-9-18(27-12)20-19(25-17(11-22)21(23)26-20)14-7-8-15-13(10-14)4-3-5-16(15)24-2;1-11-6-7-17(26-11)19-18(24-16(10-22)20(23)25-19)13-8-12-4-2-3-5-14(12)15(21)9-13;1-11-2-7-17(26-11)19-18(23-16(10-21)20(22)24-19)14-4-3-13-9-15(25)6-5-12(13)8-14;1-11-5-8-17(26-11)19-18(23-15(10-21)20(22)24-19)13-6-7-14-12(9-13)3-2-4-16(14)25;1-11-2-7-16(24-11)19-18(21-10-17(20)22-19)14-4-3-13-9-15(23)6-5-12(13)8-14/h3-10H,1H3,(H2,23,26);2-9H,1H3,(H2,23,25);2*2-9,25H,1H3,(H2,22,24);2-10,23H,1H3,(H2,20,22). The summed E-state index contributed by atoms with van der Waals surface area (Å²) < 4.78 is 28.5. The van der Waals surface area contributed by atoms with Crippen LogP contribution in [0, 0.1) is 86.5 Å². The number of nitriles is 4. The first-order valence-electron chi connectivity index (χ1n) is 39.4. The van der Waals surface area contributed by atoms with E-state index in [4.69, 9.17) is 68.9 Å². The summed E-state index contributed by atoms with van der Waals surface area (Å²) in [5.74, 6) is 7.74. The minimum absolute atomic E-state index is 0.0544. The molecule has 10 aromatic heterocycles. The summed E-state index contributed by atoms with van der Waals surface area (Å²) in [6.45, 7) is 16.5. The molecule has 28 nitrogen and oxygen atoms in total. The molecule has 0 radical (unpaired) electrons. The molecule has 10 heterocycles. The molecule has 0 bridgehead atoms. The fourth-order valence-corrected chi connectivity index (χ4v) is 14.6. The quantitative estimate of drug-likeness (QED) is 0.0589. The Morgan fingerprint density at radius 3 is 1.04 bits per heavy atom. The highest BCUT2D eigenvalue weighted by Gasteiger charge is 2.25. The molecule has 0 aliphatic carbocycles. The highest BCUT2D eigenvalue weighted by Crippen LogP contribution is 2.42. The average molecular weight is 1710 g/mol. The molecule has 0 amide bonds. The number of fused-ring (bicyclic) bond motifs is 5. The van der Waals surface area contributed by atoms with E-state index in [1.807, 2.05) is 229 Å². The van der Waals surface area contributed by atoms with Gasteiger partial charge in [0.05, 0.1) is 18.5 Å². The fourth-order valence-electron chi connectivity index (χ4n) is 14.3. The minimum atomic E-state index is 0.0544. The number of nitrogens with two attached hydrogens (primary N) is 5. The summed E-state index contributed by atoms with van der Waals surface area (Å²) in [6, 6.07) is 81.7. The predicted molar refractivity (Wildman–Crippen MR) is 494 cm³/mol. The lowest BCUT2D eigenvalue weighted by Crippen LogP contribution is -2.03. The molecule has 13 N–H and O–H groups in total. The lowest BCUT2D eigenvalue weighted by molar-refractivity contribution is 0.475. The molecule has 129 heavy (non-hydrogen) atoms. The van der Waals surface area contributed by atoms with E-state index in [1.54, 1.807) is 72.8 Å². The van der Waals surface area contributed by atoms with Crippen molar-refractivity contribution in [2.45, 2.75) is 34.6 Å². The summed E-state index contributed by atoms with van der Waals surface area (Å²) in [5.41, 5.74) is 39.3. The largest absolute Gasteiger partial charge is 0.508 e. The first-order chi connectivity index (χ1) is 62.4. The second-order valence-corrected chi connectivity index (χ2v) is 29.7. The van der Waals surface area contributed by atoms with Crippen molar-refractivity contribution in [3.63, 3.8) is 0 Å². The van der Waals surface area contributed by atoms with E-state index in [2.05, 4.69) is 54.7 Å². The monoisotopic (exact) mass is 1710 g/mol. The average Bonchev–Trinajstić information content (AvgIpc) is 1.48. The molecular formula is C100H69ClN20O8. The zero-order valence-electron chi connectivity index (χ0n) is 69.0. The Bertz CT molecular complexity index is 8060. The van der Waals surface area contributed by atoms with Crippen molar-refractivity contribution in [2.75, 3.05) is 28.7 Å². The number of aromatic nitrogens is 10. The molecule has 0 spiro atoms. The van der Waals surface area contributed by atoms with Gasteiger partial charge in [0.25, 0.3) is 0 Å². The summed E-state index contributed by atoms with van der Waals surface area (Å²) in [7, 11) is 0. The summed E-state index contributed by atoms with van der Waals surface area (Å²) >= 11 is 6.46. The van der Waals surface area contributed by atoms with Crippen molar-refractivity contribution in [3.8, 4) is 155 Å². The van der Waals surface area contributed by atoms with Gasteiger partial charge >= 0.3 is 0 Å². The zero-order valence-corrected chi connectivity index (χ0v) is 69.8. The van der Waals surface area contributed by atoms with Crippen LogP contribution in [-0.4, -0.2) is 65.2 Å². The minimum Gasteiger partial charge on any atom is -0.508 e. The van der Waals surface area contributed by atoms with Crippen LogP contribution in [0.3, 0.4) is 0 Å². The Kier molecular flexibility index (Phi) is 23.4. The molecule has 20 rings (SSSR count). The molecule has 29 heteroatoms. The predicted octanol–water partition coefficient (Wildman–Crippen LogP) is 22.0. The van der Waals surface area contributed by atoms with E-state index in [-0.39, 0.29) is 63.3 Å². The van der Waals surface area contributed by atoms with Gasteiger partial charge in [-0.3, -0.25) is 0 Å². The Morgan fingerprint density at radius 2 is 0.636 bits per heavy atom. The molecular weight excluding hydrogens is 1640 g/mol. The van der Waals surface area contributed by atoms with E-state index in [0.29, 0.717) is 102 Å². The van der Waals surface area contributed by atoms with Crippen molar-refractivity contribution in [1.29, 1.82) is 21.0 Å². The highest BCUT2D eigenvalue weighted by molar-refractivity contribution is 6.36. The Morgan fingerprint density at radius 1 is 0.310 bits per heavy atom. The second kappa shape index (κ2) is 35.9. The second-order valence-electron chi connectivity index (χ2n) is 29.3. The lowest BCUT2D eigenvalue weighted by atomic mass is 10.0. The summed E-state index contributed by atoms with van der Waals surface area (Å²) in [4.78, 5) is 47.5. The molecule has 10 aromatic carbocycles. The van der Waals surface area contributed by atoms with E-state index in [9.17, 15) is 36.4 Å². The molecule has 0 aliphatic heterocycles. The van der Waals surface area contributed by atoms with Gasteiger partial charge in [-0.25, -0.2) is 54.7 Å². The van der Waals surface area contributed by atoms with E-state index >= 15 is 0 Å². The van der Waals surface area contributed by atoms with Crippen LogP contribution in [-0.2, 0) is 0 Å². The normalized spacial score (nSPS) is 10.8. The van der Waals surface area contributed by atoms with Gasteiger partial charge in [0.1, 0.15) is 127 Å². The van der Waals surface area contributed by atoms with Gasteiger partial charge in [-0.15, -0.1) is 0 Å². The first-order valence-corrected chi connectivity index (χ1v) is 39.8. The Hall–Kier alpha value is -18.6. The van der Waals surface area contributed by atoms with E-state index in [0.717, 1.165) is 110 Å². The maximum Gasteiger partial charge on any atom is 0.194 e. The lowest BCUT2D eigenvalue weighted by Gasteiger charge is -2.10. The number of anilines is 5. The van der Waals surface area contributed by atoms with Gasteiger partial charge in [-0.1, -0.05) is 121 Å². The number of benzene rings is 10. The van der Waals surface area contributed by atoms with Gasteiger partial charge in [-0.05, 0) is 211 Å². The summed E-state index contributed by atoms with van der Waals surface area (Å²) in [6.07, 6.45) is 1.54. The van der Waals surface area contributed by atoms with Crippen molar-refractivity contribution in [2.24, 2.45) is 0 Å². The van der Waals surface area contributed by atoms with Crippen LogP contribution >= 0.6 is 11.6 Å². The van der Waals surface area contributed by atoms with Crippen molar-refractivity contribution < 1.29 is 37.4 Å². The topological polar surface area (TPSA) is 485 Å². The number of nitrogen functional groups attached to an aromatic ring is 5. The summed E-state index contributed by atoms with van der Waals surface area (Å²) in [5, 5.41) is 76.0. The van der Waals surface area contributed by atoms with Gasteiger partial charge in [0.2, 0.25) is 0 Å². The molecule has 0 aliphatic rings. The number of hydrogen-bond acceptors (Lipinski definition) is 27. The number of phenolic OH excluding ortho intramolecular Hbond substituents is 3. The zero-order chi connectivity index (χ0) is 90.4. The van der Waals surface area contributed by atoms with Crippen LogP contribution in [0.1, 0.15) is 51.6 Å². The van der Waals surface area contributed by atoms with Crippen LogP contribution in [0.5, 0.6) is 17.2 Å². The molecule has 0 unspecified atom stereocenters. The van der Waals surface area contributed by atoms with Gasteiger partial charge in [0, 0.05) is 43.6 Å². The Balaban J connectivity index is 0.000000118. The maximum absolute atomic E-state index is 9.98. The number of rotatable bonds is 10. The molecule has 624 valence electrons. The third-order valence-corrected chi connectivity index (χ3v) is 20.7. The highest BCUT2D eigenvalue weighted by atomic mass is 35.5. The SMILES string of the molecule is Cc1ccc(-c2nc(N)c(C#N)nc2-c2cc(Cl)c3ccccc3c2)o1.Cc1ccc(-c2nc(N)c(C#N)nc2-c2ccc3c(O)cccc3c2)o1.Cc1ccc(-c2nc(N)c(C#N)nc2-c2ccc3cc(O)ccc3c2)o1.Cc1ccc(-c2nc(N)cnc2-c2ccc3cc(O)ccc3c2)o1.[C-]#[N+]c1cccc2cc(-c3nc(C#N)c(N)nc3-c3ccc(C)o3)ccc12. The number of phenols is 3. The van der Waals surface area contributed by atoms with Crippen LogP contribution in [0.25, 0.3) is 172 Å². The number of hydrogen-bond donors (Lipinski definition) is 8. The fraction of sp³-hybridized carbons (Fsp3) is 0.0500. The van der Waals surface area contributed by atoms with Crippen molar-refractivity contribution in [1.82, 2.24) is 49.8 Å². The first kappa shape index (κ1) is 84.1. The van der Waals surface area contributed by atoms with E-state index in [1.165, 1.54) is 6.20 Å². The van der Waals surface area contributed by atoms with Gasteiger partial charge < -0.3 is 66.1 Å². The van der Waals surface area contributed by atoms with Crippen LogP contribution in [0.4, 0.5) is 34.8 Å². The number of halogens is 1. The molecule has 0 saturated heterocycles. The molecule has 0 fully saturated rings. The molecule has 20 aromatic rings. The maximum atomic E-state index is 9.98. The molecule has 0 atom stereocenters. The number of aromatic hydroxyl groups is 3. The van der Waals surface area contributed by atoms with Crippen molar-refractivity contribution in [3.05, 3.63) is 317 Å². The number of aryl methyl sites for hydroxylation is 5. The van der Waals surface area contributed by atoms with Gasteiger partial charge in [0.15, 0.2) is 80.5 Å². The third kappa shape index (κ3) is 17.8. The van der Waals surface area contributed by atoms with Crippen molar-refractivity contribution >= 4 is 100 Å². The number of nitrogens with zero attached hydrogens (tertiary/aromatic N) is 15. The van der Waals surface area contributed by atoms with Crippen LogP contribution in [0.2, 0.25) is 5.02 Å². The third-order valence-electron chi connectivity index (χ3n) is 20.4. The molecule has 0 saturated carbocycles. The van der Waals surface area contributed by atoms with Gasteiger partial charge in [-0.2, -0.15) is 21.0 Å².